The zero-order valence-electron chi connectivity index (χ0n) is 10.6. The Kier molecular flexibility index (Phi) is 2.62. The molecule has 1 aliphatic rings. The van der Waals surface area contributed by atoms with Crippen molar-refractivity contribution in [2.45, 2.75) is 20.0 Å². The van der Waals surface area contributed by atoms with Crippen LogP contribution in [0.15, 0.2) is 18.5 Å². The quantitative estimate of drug-likeness (QED) is 0.855. The smallest absolute Gasteiger partial charge is 0.134 e. The number of hydrogen-bond acceptors (Lipinski definition) is 5. The minimum atomic E-state index is 0.783. The first-order valence-electron chi connectivity index (χ1n) is 6.04. The van der Waals surface area contributed by atoms with Gasteiger partial charge in [0.2, 0.25) is 0 Å². The lowest BCUT2D eigenvalue weighted by molar-refractivity contribution is 0.555. The first-order chi connectivity index (χ1) is 8.76. The summed E-state index contributed by atoms with van der Waals surface area (Å²) >= 11 is 0. The summed E-state index contributed by atoms with van der Waals surface area (Å²) in [5.41, 5.74) is 0. The first-order valence-corrected chi connectivity index (χ1v) is 6.04. The molecule has 6 heteroatoms. The predicted molar refractivity (Wildman–Crippen MR) is 69.6 cm³/mol. The molecule has 0 aromatic carbocycles. The normalized spacial score (nSPS) is 14.4. The molecule has 18 heavy (non-hydrogen) atoms. The highest BCUT2D eigenvalue weighted by molar-refractivity contribution is 5.49. The van der Waals surface area contributed by atoms with Crippen molar-refractivity contribution in [2.24, 2.45) is 0 Å². The number of aryl methyl sites for hydroxylation is 1. The van der Waals surface area contributed by atoms with E-state index in [-0.39, 0.29) is 0 Å². The summed E-state index contributed by atoms with van der Waals surface area (Å²) in [6.45, 7) is 4.61. The van der Waals surface area contributed by atoms with Crippen molar-refractivity contribution in [3.63, 3.8) is 0 Å². The Morgan fingerprint density at radius 2 is 2.17 bits per heavy atom. The first kappa shape index (κ1) is 11.0. The van der Waals surface area contributed by atoms with E-state index in [4.69, 9.17) is 0 Å². The summed E-state index contributed by atoms with van der Waals surface area (Å²) in [5, 5.41) is 3.06. The van der Waals surface area contributed by atoms with E-state index in [2.05, 4.69) is 29.7 Å². The Hall–Kier alpha value is -2.11. The topological polar surface area (TPSA) is 58.9 Å². The Bertz CT molecular complexity index is 561. The summed E-state index contributed by atoms with van der Waals surface area (Å²) in [7, 11) is 1.87. The fourth-order valence-electron chi connectivity index (χ4n) is 2.21. The van der Waals surface area contributed by atoms with Crippen LogP contribution in [0.25, 0.3) is 0 Å². The Labute approximate surface area is 106 Å². The van der Waals surface area contributed by atoms with E-state index < -0.39 is 0 Å². The number of aromatic nitrogens is 4. The number of nitrogens with one attached hydrogen (secondary N) is 1. The SMILES string of the molecule is CNc1cc(N2CCn3ccnc3C2)nc(C)n1. The molecule has 94 valence electrons. The summed E-state index contributed by atoms with van der Waals surface area (Å²) < 4.78 is 2.18. The van der Waals surface area contributed by atoms with Gasteiger partial charge >= 0.3 is 0 Å². The predicted octanol–water partition coefficient (Wildman–Crippen LogP) is 1.04. The molecule has 0 unspecified atom stereocenters. The van der Waals surface area contributed by atoms with E-state index in [1.54, 1.807) is 0 Å². The standard InChI is InChI=1S/C12H16N6/c1-9-15-10(13-2)7-11(16-9)18-6-5-17-4-3-14-12(17)8-18/h3-4,7H,5-6,8H2,1-2H3,(H,13,15,16). The van der Waals surface area contributed by atoms with Gasteiger partial charge in [0, 0.05) is 38.6 Å². The number of nitrogens with zero attached hydrogens (tertiary/aromatic N) is 5. The molecule has 1 N–H and O–H groups in total. The lowest BCUT2D eigenvalue weighted by atomic mass is 10.3. The summed E-state index contributed by atoms with van der Waals surface area (Å²) in [4.78, 5) is 15.4. The highest BCUT2D eigenvalue weighted by atomic mass is 15.3. The van der Waals surface area contributed by atoms with Crippen LogP contribution in [0.4, 0.5) is 11.6 Å². The average Bonchev–Trinajstić information content (AvgIpc) is 2.85. The minimum absolute atomic E-state index is 0.783. The number of rotatable bonds is 2. The van der Waals surface area contributed by atoms with Crippen LogP contribution in [0.2, 0.25) is 0 Å². The fourth-order valence-corrected chi connectivity index (χ4v) is 2.21. The highest BCUT2D eigenvalue weighted by Crippen LogP contribution is 2.20. The molecule has 6 nitrogen and oxygen atoms in total. The molecule has 2 aromatic rings. The molecule has 0 bridgehead atoms. The van der Waals surface area contributed by atoms with Gasteiger partial charge in [-0.25, -0.2) is 15.0 Å². The van der Waals surface area contributed by atoms with Crippen LogP contribution in [0, 0.1) is 6.92 Å². The number of fused-ring (bicyclic) bond motifs is 1. The third-order valence-electron chi connectivity index (χ3n) is 3.15. The summed E-state index contributed by atoms with van der Waals surface area (Å²) in [6.07, 6.45) is 3.88. The summed E-state index contributed by atoms with van der Waals surface area (Å²) in [5.74, 6) is 3.68. The van der Waals surface area contributed by atoms with Crippen LogP contribution in [-0.4, -0.2) is 33.1 Å². The van der Waals surface area contributed by atoms with Gasteiger partial charge in [0.25, 0.3) is 0 Å². The van der Waals surface area contributed by atoms with Crippen molar-refractivity contribution < 1.29 is 0 Å². The van der Waals surface area contributed by atoms with Gasteiger partial charge in [0.15, 0.2) is 0 Å². The number of imidazole rings is 1. The van der Waals surface area contributed by atoms with Crippen LogP contribution in [0.3, 0.4) is 0 Å². The third kappa shape index (κ3) is 1.90. The van der Waals surface area contributed by atoms with Crippen LogP contribution < -0.4 is 10.2 Å². The molecule has 0 saturated heterocycles. The maximum Gasteiger partial charge on any atom is 0.134 e. The Balaban J connectivity index is 1.90. The van der Waals surface area contributed by atoms with E-state index in [0.29, 0.717) is 0 Å². The van der Waals surface area contributed by atoms with E-state index in [9.17, 15) is 0 Å². The molecule has 0 aliphatic carbocycles. The second-order valence-electron chi connectivity index (χ2n) is 4.37. The van der Waals surface area contributed by atoms with Gasteiger partial charge < -0.3 is 14.8 Å². The average molecular weight is 244 g/mol. The third-order valence-corrected chi connectivity index (χ3v) is 3.15. The second-order valence-corrected chi connectivity index (χ2v) is 4.37. The van der Waals surface area contributed by atoms with Gasteiger partial charge in [0.05, 0.1) is 6.54 Å². The van der Waals surface area contributed by atoms with Crippen LogP contribution >= 0.6 is 0 Å². The maximum absolute atomic E-state index is 4.50. The molecule has 3 heterocycles. The molecule has 1 aliphatic heterocycles. The van der Waals surface area contributed by atoms with Gasteiger partial charge in [-0.3, -0.25) is 0 Å². The van der Waals surface area contributed by atoms with Gasteiger partial charge in [-0.2, -0.15) is 0 Å². The summed E-state index contributed by atoms with van der Waals surface area (Å²) in [6, 6.07) is 1.98. The van der Waals surface area contributed by atoms with Gasteiger partial charge in [-0.1, -0.05) is 0 Å². The molecule has 0 spiro atoms. The van der Waals surface area contributed by atoms with E-state index >= 15 is 0 Å². The van der Waals surface area contributed by atoms with Crippen LogP contribution in [0.5, 0.6) is 0 Å². The fraction of sp³-hybridized carbons (Fsp3) is 0.417. The van der Waals surface area contributed by atoms with Gasteiger partial charge in [-0.05, 0) is 6.92 Å². The number of hydrogen-bond donors (Lipinski definition) is 1. The molecule has 3 rings (SSSR count). The molecule has 0 fully saturated rings. The zero-order valence-corrected chi connectivity index (χ0v) is 10.6. The second kappa shape index (κ2) is 4.29. The van der Waals surface area contributed by atoms with Crippen molar-refractivity contribution in [2.75, 3.05) is 23.8 Å². The van der Waals surface area contributed by atoms with Gasteiger partial charge in [-0.15, -0.1) is 0 Å². The van der Waals surface area contributed by atoms with Crippen molar-refractivity contribution in [1.82, 2.24) is 19.5 Å². The largest absolute Gasteiger partial charge is 0.373 e. The number of anilines is 2. The van der Waals surface area contributed by atoms with Crippen molar-refractivity contribution in [3.8, 4) is 0 Å². The molecular formula is C12H16N6. The van der Waals surface area contributed by atoms with E-state index in [1.807, 2.05) is 32.4 Å². The monoisotopic (exact) mass is 244 g/mol. The molecule has 0 atom stereocenters. The minimum Gasteiger partial charge on any atom is -0.373 e. The Morgan fingerprint density at radius 3 is 3.00 bits per heavy atom. The lowest BCUT2D eigenvalue weighted by Gasteiger charge is -2.28. The van der Waals surface area contributed by atoms with E-state index in [1.165, 1.54) is 0 Å². The molecule has 2 aromatic heterocycles. The highest BCUT2D eigenvalue weighted by Gasteiger charge is 2.18. The van der Waals surface area contributed by atoms with Crippen molar-refractivity contribution in [3.05, 3.63) is 30.1 Å². The maximum atomic E-state index is 4.50. The van der Waals surface area contributed by atoms with Crippen molar-refractivity contribution >= 4 is 11.6 Å². The van der Waals surface area contributed by atoms with E-state index in [0.717, 1.165) is 42.9 Å². The Morgan fingerprint density at radius 1 is 1.28 bits per heavy atom. The lowest BCUT2D eigenvalue weighted by Crippen LogP contribution is -2.34. The van der Waals surface area contributed by atoms with Crippen LogP contribution in [0.1, 0.15) is 11.6 Å². The molecule has 0 radical (unpaired) electrons. The van der Waals surface area contributed by atoms with Crippen molar-refractivity contribution in [1.29, 1.82) is 0 Å². The zero-order chi connectivity index (χ0) is 12.5. The van der Waals surface area contributed by atoms with Gasteiger partial charge in [0.1, 0.15) is 23.3 Å². The molecular weight excluding hydrogens is 228 g/mol. The molecule has 0 amide bonds. The van der Waals surface area contributed by atoms with Crippen LogP contribution in [-0.2, 0) is 13.1 Å². The molecule has 0 saturated carbocycles.